The van der Waals surface area contributed by atoms with Crippen molar-refractivity contribution in [3.05, 3.63) is 35.9 Å². The van der Waals surface area contributed by atoms with Crippen LogP contribution in [0.1, 0.15) is 18.9 Å². The highest BCUT2D eigenvalue weighted by Crippen LogP contribution is 2.17. The zero-order chi connectivity index (χ0) is 14.4. The van der Waals surface area contributed by atoms with E-state index in [-0.39, 0.29) is 18.4 Å². The van der Waals surface area contributed by atoms with Crippen LogP contribution in [0.15, 0.2) is 30.3 Å². The minimum Gasteiger partial charge on any atom is -0.494 e. The first-order valence-corrected chi connectivity index (χ1v) is 7.03. The van der Waals surface area contributed by atoms with Gasteiger partial charge in [0.15, 0.2) is 0 Å². The first-order valence-electron chi connectivity index (χ1n) is 7.03. The summed E-state index contributed by atoms with van der Waals surface area (Å²) in [6.45, 7) is 4.14. The van der Waals surface area contributed by atoms with E-state index in [1.165, 1.54) is 0 Å². The first-order chi connectivity index (χ1) is 9.72. The van der Waals surface area contributed by atoms with Crippen molar-refractivity contribution in [1.82, 2.24) is 4.90 Å². The molecule has 2 rings (SSSR count). The molecule has 1 heterocycles. The molecule has 0 bridgehead atoms. The number of hydrogen-bond donors (Lipinski definition) is 1. The Hall–Kier alpha value is -1.81. The van der Waals surface area contributed by atoms with Gasteiger partial charge in [-0.25, -0.2) is 0 Å². The standard InChI is InChI=1S/C16H21NO3/c1-2-20-15-6-3-13(4-7-15)5-8-16(19)17-10-9-14(11-17)12-18/h3-8,14,18H,2,9-12H2,1H3. The van der Waals surface area contributed by atoms with Crippen LogP contribution in [-0.2, 0) is 4.79 Å². The van der Waals surface area contributed by atoms with Crippen LogP contribution in [0.5, 0.6) is 5.75 Å². The minimum absolute atomic E-state index is 0.00911. The molecule has 0 aliphatic carbocycles. The Morgan fingerprint density at radius 2 is 2.20 bits per heavy atom. The van der Waals surface area contributed by atoms with Gasteiger partial charge in [0.2, 0.25) is 5.91 Å². The van der Waals surface area contributed by atoms with Crippen molar-refractivity contribution in [3.8, 4) is 5.75 Å². The van der Waals surface area contributed by atoms with Crippen molar-refractivity contribution < 1.29 is 14.6 Å². The molecule has 1 atom stereocenters. The number of carbonyl (C=O) groups excluding carboxylic acids is 1. The highest BCUT2D eigenvalue weighted by Gasteiger charge is 2.23. The zero-order valence-electron chi connectivity index (χ0n) is 11.8. The second-order valence-electron chi connectivity index (χ2n) is 4.96. The maximum absolute atomic E-state index is 12.0. The van der Waals surface area contributed by atoms with Crippen molar-refractivity contribution in [2.75, 3.05) is 26.3 Å². The van der Waals surface area contributed by atoms with E-state index in [2.05, 4.69) is 0 Å². The Balaban J connectivity index is 1.90. The molecular weight excluding hydrogens is 254 g/mol. The molecule has 1 fully saturated rings. The summed E-state index contributed by atoms with van der Waals surface area (Å²) in [5.74, 6) is 1.08. The largest absolute Gasteiger partial charge is 0.494 e. The van der Waals surface area contributed by atoms with E-state index < -0.39 is 0 Å². The third kappa shape index (κ3) is 3.84. The molecule has 0 saturated carbocycles. The summed E-state index contributed by atoms with van der Waals surface area (Å²) >= 11 is 0. The first kappa shape index (κ1) is 14.6. The lowest BCUT2D eigenvalue weighted by Crippen LogP contribution is -2.27. The average Bonchev–Trinajstić information content (AvgIpc) is 2.95. The van der Waals surface area contributed by atoms with E-state index in [4.69, 9.17) is 9.84 Å². The molecule has 1 aromatic carbocycles. The van der Waals surface area contributed by atoms with E-state index in [1.807, 2.05) is 37.3 Å². The Morgan fingerprint density at radius 1 is 1.45 bits per heavy atom. The molecule has 4 heteroatoms. The van der Waals surface area contributed by atoms with Gasteiger partial charge in [0, 0.05) is 31.7 Å². The van der Waals surface area contributed by atoms with Crippen molar-refractivity contribution in [1.29, 1.82) is 0 Å². The summed E-state index contributed by atoms with van der Waals surface area (Å²) in [4.78, 5) is 13.8. The summed E-state index contributed by atoms with van der Waals surface area (Å²) < 4.78 is 5.37. The van der Waals surface area contributed by atoms with Gasteiger partial charge in [-0.05, 0) is 37.1 Å². The lowest BCUT2D eigenvalue weighted by atomic mass is 10.1. The van der Waals surface area contributed by atoms with Crippen molar-refractivity contribution in [2.24, 2.45) is 5.92 Å². The van der Waals surface area contributed by atoms with E-state index >= 15 is 0 Å². The fraction of sp³-hybridized carbons (Fsp3) is 0.438. The van der Waals surface area contributed by atoms with E-state index in [9.17, 15) is 4.79 Å². The van der Waals surface area contributed by atoms with Gasteiger partial charge in [-0.3, -0.25) is 4.79 Å². The summed E-state index contributed by atoms with van der Waals surface area (Å²) in [5, 5.41) is 9.08. The van der Waals surface area contributed by atoms with Crippen LogP contribution in [0, 0.1) is 5.92 Å². The number of ether oxygens (including phenoxy) is 1. The van der Waals surface area contributed by atoms with Crippen LogP contribution in [0.4, 0.5) is 0 Å². The van der Waals surface area contributed by atoms with Gasteiger partial charge in [0.05, 0.1) is 6.61 Å². The SMILES string of the molecule is CCOc1ccc(C=CC(=O)N2CCC(CO)C2)cc1. The van der Waals surface area contributed by atoms with Crippen LogP contribution in [0.25, 0.3) is 6.08 Å². The monoisotopic (exact) mass is 275 g/mol. The van der Waals surface area contributed by atoms with Crippen LogP contribution in [0.3, 0.4) is 0 Å². The van der Waals surface area contributed by atoms with Gasteiger partial charge in [-0.2, -0.15) is 0 Å². The number of aliphatic hydroxyl groups is 1. The molecule has 1 amide bonds. The third-order valence-electron chi connectivity index (χ3n) is 3.47. The highest BCUT2D eigenvalue weighted by atomic mass is 16.5. The quantitative estimate of drug-likeness (QED) is 0.835. The van der Waals surface area contributed by atoms with Gasteiger partial charge >= 0.3 is 0 Å². The molecule has 1 N–H and O–H groups in total. The number of aliphatic hydroxyl groups excluding tert-OH is 1. The summed E-state index contributed by atoms with van der Waals surface area (Å²) in [5.41, 5.74) is 0.972. The molecule has 108 valence electrons. The molecule has 4 nitrogen and oxygen atoms in total. The summed E-state index contributed by atoms with van der Waals surface area (Å²) in [7, 11) is 0. The number of benzene rings is 1. The summed E-state index contributed by atoms with van der Waals surface area (Å²) in [6.07, 6.45) is 4.29. The zero-order valence-corrected chi connectivity index (χ0v) is 11.8. The number of likely N-dealkylation sites (tertiary alicyclic amines) is 1. The molecule has 1 aromatic rings. The van der Waals surface area contributed by atoms with Crippen molar-refractivity contribution in [2.45, 2.75) is 13.3 Å². The van der Waals surface area contributed by atoms with E-state index in [1.54, 1.807) is 11.0 Å². The number of rotatable bonds is 5. The Kier molecular flexibility index (Phi) is 5.18. The second-order valence-corrected chi connectivity index (χ2v) is 4.96. The fourth-order valence-electron chi connectivity index (χ4n) is 2.30. The van der Waals surface area contributed by atoms with Gasteiger partial charge in [0.25, 0.3) is 0 Å². The Labute approximate surface area is 119 Å². The predicted molar refractivity (Wildman–Crippen MR) is 78.4 cm³/mol. The molecular formula is C16H21NO3. The molecule has 20 heavy (non-hydrogen) atoms. The van der Waals surface area contributed by atoms with E-state index in [0.717, 1.165) is 24.3 Å². The van der Waals surface area contributed by atoms with Gasteiger partial charge in [0.1, 0.15) is 5.75 Å². The third-order valence-corrected chi connectivity index (χ3v) is 3.47. The minimum atomic E-state index is 0.00911. The second kappa shape index (κ2) is 7.10. The van der Waals surface area contributed by atoms with Gasteiger partial charge in [-0.1, -0.05) is 12.1 Å². The van der Waals surface area contributed by atoms with E-state index in [0.29, 0.717) is 13.2 Å². The van der Waals surface area contributed by atoms with Crippen molar-refractivity contribution in [3.63, 3.8) is 0 Å². The fourth-order valence-corrected chi connectivity index (χ4v) is 2.30. The highest BCUT2D eigenvalue weighted by molar-refractivity contribution is 5.91. The lowest BCUT2D eigenvalue weighted by molar-refractivity contribution is -0.125. The maximum Gasteiger partial charge on any atom is 0.246 e. The molecule has 1 unspecified atom stereocenters. The summed E-state index contributed by atoms with van der Waals surface area (Å²) in [6, 6.07) is 7.64. The number of amides is 1. The molecule has 1 saturated heterocycles. The maximum atomic E-state index is 12.0. The van der Waals surface area contributed by atoms with Gasteiger partial charge < -0.3 is 14.7 Å². The van der Waals surface area contributed by atoms with Crippen LogP contribution in [-0.4, -0.2) is 42.2 Å². The number of hydrogen-bond acceptors (Lipinski definition) is 3. The van der Waals surface area contributed by atoms with Crippen LogP contribution < -0.4 is 4.74 Å². The van der Waals surface area contributed by atoms with Crippen molar-refractivity contribution >= 4 is 12.0 Å². The predicted octanol–water partition coefficient (Wildman–Crippen LogP) is 1.94. The molecule has 0 spiro atoms. The molecule has 0 radical (unpaired) electrons. The van der Waals surface area contributed by atoms with Crippen LogP contribution in [0.2, 0.25) is 0 Å². The number of carbonyl (C=O) groups is 1. The smallest absolute Gasteiger partial charge is 0.246 e. The lowest BCUT2D eigenvalue weighted by Gasteiger charge is -2.13. The Morgan fingerprint density at radius 3 is 2.80 bits per heavy atom. The Bertz CT molecular complexity index is 467. The van der Waals surface area contributed by atoms with Gasteiger partial charge in [-0.15, -0.1) is 0 Å². The molecule has 1 aliphatic rings. The topological polar surface area (TPSA) is 49.8 Å². The normalized spacial score (nSPS) is 18.7. The molecule has 1 aliphatic heterocycles. The molecule has 0 aromatic heterocycles. The average molecular weight is 275 g/mol. The van der Waals surface area contributed by atoms with Crippen LogP contribution >= 0.6 is 0 Å². The number of nitrogens with zero attached hydrogens (tertiary/aromatic N) is 1.